The van der Waals surface area contributed by atoms with Gasteiger partial charge in [0.25, 0.3) is 17.7 Å². The maximum absolute atomic E-state index is 12.5. The fraction of sp³-hybridized carbons (Fsp3) is 0. The van der Waals surface area contributed by atoms with Crippen molar-refractivity contribution in [3.8, 4) is 0 Å². The van der Waals surface area contributed by atoms with Crippen molar-refractivity contribution in [1.82, 2.24) is 5.06 Å². The summed E-state index contributed by atoms with van der Waals surface area (Å²) < 4.78 is 0. The number of fused-ring (bicyclic) bond motifs is 1. The minimum atomic E-state index is -0.942. The van der Waals surface area contributed by atoms with Crippen LogP contribution >= 0.6 is 22.9 Å². The first kappa shape index (κ1) is 18.9. The first-order valence-corrected chi connectivity index (χ1v) is 9.56. The second-order valence-corrected chi connectivity index (χ2v) is 7.31. The molecule has 144 valence electrons. The molecule has 2 heterocycles. The van der Waals surface area contributed by atoms with Crippen molar-refractivity contribution in [2.75, 3.05) is 5.32 Å². The summed E-state index contributed by atoms with van der Waals surface area (Å²) in [4.78, 5) is 54.9. The van der Waals surface area contributed by atoms with Crippen LogP contribution in [-0.2, 0) is 4.84 Å². The Bertz CT molecular complexity index is 1120. The van der Waals surface area contributed by atoms with Crippen molar-refractivity contribution in [3.05, 3.63) is 86.6 Å². The summed E-state index contributed by atoms with van der Waals surface area (Å²) in [5.74, 6) is -2.77. The summed E-state index contributed by atoms with van der Waals surface area (Å²) in [5.41, 5.74) is 0.518. The van der Waals surface area contributed by atoms with Gasteiger partial charge in [0.05, 0.1) is 32.3 Å². The monoisotopic (exact) mass is 426 g/mol. The van der Waals surface area contributed by atoms with Gasteiger partial charge in [-0.2, -0.15) is 0 Å². The molecule has 0 unspecified atom stereocenters. The fourth-order valence-corrected chi connectivity index (χ4v) is 3.51. The summed E-state index contributed by atoms with van der Waals surface area (Å²) in [6.45, 7) is 0. The number of carbonyl (C=O) groups is 4. The van der Waals surface area contributed by atoms with Crippen LogP contribution in [0.3, 0.4) is 0 Å². The van der Waals surface area contributed by atoms with Crippen molar-refractivity contribution in [2.45, 2.75) is 0 Å². The third kappa shape index (κ3) is 3.51. The highest BCUT2D eigenvalue weighted by molar-refractivity contribution is 7.12. The summed E-state index contributed by atoms with van der Waals surface area (Å²) in [6.07, 6.45) is 0. The highest BCUT2D eigenvalue weighted by Crippen LogP contribution is 2.27. The Balaban J connectivity index is 1.53. The van der Waals surface area contributed by atoms with Gasteiger partial charge in [0, 0.05) is 0 Å². The molecule has 0 aliphatic carbocycles. The number of anilines is 1. The van der Waals surface area contributed by atoms with Crippen LogP contribution in [0.2, 0.25) is 5.02 Å². The average molecular weight is 427 g/mol. The number of nitrogens with one attached hydrogen (secondary N) is 1. The van der Waals surface area contributed by atoms with Crippen molar-refractivity contribution in [1.29, 1.82) is 0 Å². The zero-order chi connectivity index (χ0) is 20.5. The van der Waals surface area contributed by atoms with E-state index in [0.29, 0.717) is 9.94 Å². The van der Waals surface area contributed by atoms with Gasteiger partial charge < -0.3 is 10.2 Å². The first-order valence-electron chi connectivity index (χ1n) is 8.30. The van der Waals surface area contributed by atoms with Gasteiger partial charge in [-0.05, 0) is 41.8 Å². The van der Waals surface area contributed by atoms with E-state index in [1.807, 2.05) is 0 Å². The summed E-state index contributed by atoms with van der Waals surface area (Å²) in [6, 6.07) is 13.6. The molecule has 29 heavy (non-hydrogen) atoms. The van der Waals surface area contributed by atoms with E-state index >= 15 is 0 Å². The SMILES string of the molecule is O=C(ON1C(=O)c2ccccc2C1=O)c1ccc(Cl)c(NC(=O)c2cccs2)c1. The first-order chi connectivity index (χ1) is 14.0. The lowest BCUT2D eigenvalue weighted by Crippen LogP contribution is -2.32. The van der Waals surface area contributed by atoms with E-state index in [2.05, 4.69) is 5.32 Å². The maximum Gasteiger partial charge on any atom is 0.364 e. The van der Waals surface area contributed by atoms with Gasteiger partial charge in [0.1, 0.15) is 0 Å². The molecule has 1 aliphatic heterocycles. The molecule has 1 N–H and O–H groups in total. The Hall–Kier alpha value is -3.49. The standard InChI is InChI=1S/C20H11ClN2O5S/c21-14-8-7-11(10-15(14)22-17(24)16-6-3-9-29-16)20(27)28-23-18(25)12-4-1-2-5-13(12)19(23)26/h1-10H,(H,22,24). The van der Waals surface area contributed by atoms with Gasteiger partial charge in [-0.3, -0.25) is 14.4 Å². The zero-order valence-corrected chi connectivity index (χ0v) is 16.1. The molecule has 0 spiro atoms. The summed E-state index contributed by atoms with van der Waals surface area (Å²) >= 11 is 7.36. The van der Waals surface area contributed by atoms with Crippen LogP contribution in [0.15, 0.2) is 60.0 Å². The summed E-state index contributed by atoms with van der Waals surface area (Å²) in [7, 11) is 0. The number of benzene rings is 2. The van der Waals surface area contributed by atoms with E-state index in [0.717, 1.165) is 0 Å². The number of nitrogens with zero attached hydrogens (tertiary/aromatic N) is 1. The normalized spacial score (nSPS) is 12.7. The third-order valence-corrected chi connectivity index (χ3v) is 5.32. The molecular formula is C20H11ClN2O5S. The number of hydroxylamine groups is 2. The summed E-state index contributed by atoms with van der Waals surface area (Å²) in [5, 5.41) is 5.01. The topological polar surface area (TPSA) is 92.8 Å². The van der Waals surface area contributed by atoms with Crippen molar-refractivity contribution < 1.29 is 24.0 Å². The van der Waals surface area contributed by atoms with Gasteiger partial charge in [0.15, 0.2) is 0 Å². The van der Waals surface area contributed by atoms with E-state index in [4.69, 9.17) is 16.4 Å². The number of imide groups is 1. The number of rotatable bonds is 4. The van der Waals surface area contributed by atoms with Gasteiger partial charge in [-0.25, -0.2) is 4.79 Å². The van der Waals surface area contributed by atoms with Crippen LogP contribution in [0, 0.1) is 0 Å². The molecule has 1 aliphatic rings. The predicted molar refractivity (Wildman–Crippen MR) is 106 cm³/mol. The van der Waals surface area contributed by atoms with Crippen molar-refractivity contribution in [3.63, 3.8) is 0 Å². The van der Waals surface area contributed by atoms with E-state index in [-0.39, 0.29) is 33.3 Å². The lowest BCUT2D eigenvalue weighted by atomic mass is 10.1. The second-order valence-electron chi connectivity index (χ2n) is 5.96. The number of hydrogen-bond donors (Lipinski definition) is 1. The molecule has 7 nitrogen and oxygen atoms in total. The maximum atomic E-state index is 12.5. The zero-order valence-electron chi connectivity index (χ0n) is 14.5. The van der Waals surface area contributed by atoms with E-state index in [1.54, 1.807) is 29.6 Å². The molecule has 0 atom stereocenters. The van der Waals surface area contributed by atoms with Crippen LogP contribution in [0.25, 0.3) is 0 Å². The van der Waals surface area contributed by atoms with Crippen molar-refractivity contribution in [2.24, 2.45) is 0 Å². The third-order valence-electron chi connectivity index (χ3n) is 4.13. The Morgan fingerprint density at radius 2 is 1.66 bits per heavy atom. The molecule has 1 aromatic heterocycles. The molecule has 2 aromatic carbocycles. The Kier molecular flexibility index (Phi) is 4.87. The molecule has 0 fully saturated rings. The minimum Gasteiger partial charge on any atom is -0.324 e. The minimum absolute atomic E-state index is 0.00688. The molecule has 0 radical (unpaired) electrons. The second kappa shape index (κ2) is 7.50. The highest BCUT2D eigenvalue weighted by atomic mass is 35.5. The van der Waals surface area contributed by atoms with E-state index in [9.17, 15) is 19.2 Å². The average Bonchev–Trinajstić information content (AvgIpc) is 3.34. The molecule has 9 heteroatoms. The Labute approximate surface area is 173 Å². The van der Waals surface area contributed by atoms with Crippen LogP contribution < -0.4 is 5.32 Å². The molecule has 3 aromatic rings. The van der Waals surface area contributed by atoms with Gasteiger partial charge in [-0.1, -0.05) is 34.9 Å². The van der Waals surface area contributed by atoms with E-state index < -0.39 is 17.8 Å². The van der Waals surface area contributed by atoms with Gasteiger partial charge in [-0.15, -0.1) is 11.3 Å². The lowest BCUT2D eigenvalue weighted by Gasteiger charge is -2.13. The van der Waals surface area contributed by atoms with Crippen molar-refractivity contribution >= 4 is 52.3 Å². The van der Waals surface area contributed by atoms with E-state index in [1.165, 1.54) is 41.7 Å². The molecular weight excluding hydrogens is 416 g/mol. The highest BCUT2D eigenvalue weighted by Gasteiger charge is 2.38. The predicted octanol–water partition coefficient (Wildman–Crippen LogP) is 4.02. The van der Waals surface area contributed by atoms with Crippen LogP contribution in [0.4, 0.5) is 5.69 Å². The number of thiophene rings is 1. The number of amides is 3. The lowest BCUT2D eigenvalue weighted by molar-refractivity contribution is -0.0584. The quantitative estimate of drug-likeness (QED) is 0.636. The fourth-order valence-electron chi connectivity index (χ4n) is 2.73. The Morgan fingerprint density at radius 1 is 0.966 bits per heavy atom. The number of carbonyl (C=O) groups excluding carboxylic acids is 4. The Morgan fingerprint density at radius 3 is 2.28 bits per heavy atom. The van der Waals surface area contributed by atoms with Crippen LogP contribution in [0.1, 0.15) is 40.7 Å². The molecule has 0 bridgehead atoms. The molecule has 3 amide bonds. The number of halogens is 1. The largest absolute Gasteiger partial charge is 0.364 e. The molecule has 0 saturated heterocycles. The van der Waals surface area contributed by atoms with Crippen LogP contribution in [0.5, 0.6) is 0 Å². The smallest absolute Gasteiger partial charge is 0.324 e. The van der Waals surface area contributed by atoms with Crippen LogP contribution in [-0.4, -0.2) is 28.8 Å². The molecule has 4 rings (SSSR count). The molecule has 0 saturated carbocycles. The van der Waals surface area contributed by atoms with Gasteiger partial charge >= 0.3 is 5.97 Å². The van der Waals surface area contributed by atoms with Gasteiger partial charge in [0.2, 0.25) is 0 Å². The number of hydrogen-bond acceptors (Lipinski definition) is 6.